The van der Waals surface area contributed by atoms with Crippen molar-refractivity contribution < 1.29 is 9.53 Å². The van der Waals surface area contributed by atoms with Crippen molar-refractivity contribution >= 4 is 22.8 Å². The summed E-state index contributed by atoms with van der Waals surface area (Å²) in [5, 5.41) is 11.5. The van der Waals surface area contributed by atoms with Crippen LogP contribution in [0, 0.1) is 11.3 Å². The third-order valence-electron chi connectivity index (χ3n) is 4.22. The van der Waals surface area contributed by atoms with Crippen LogP contribution in [-0.4, -0.2) is 24.9 Å². The molecule has 3 aromatic carbocycles. The minimum atomic E-state index is -0.311. The van der Waals surface area contributed by atoms with Gasteiger partial charge in [0, 0.05) is 14.1 Å². The molecule has 0 atom stereocenters. The van der Waals surface area contributed by atoms with Gasteiger partial charge in [-0.15, -0.1) is 0 Å². The maximum Gasteiger partial charge on any atom is 0.264 e. The summed E-state index contributed by atoms with van der Waals surface area (Å²) in [5.74, 6) is 0.423. The number of ether oxygens (including phenoxy) is 1. The van der Waals surface area contributed by atoms with E-state index in [4.69, 9.17) is 10.00 Å². The Kier molecular flexibility index (Phi) is 5.53. The van der Waals surface area contributed by atoms with E-state index in [1.807, 2.05) is 48.5 Å². The summed E-state index contributed by atoms with van der Waals surface area (Å²) in [5.41, 5.74) is 2.00. The topological polar surface area (TPSA) is 53.3 Å². The van der Waals surface area contributed by atoms with Crippen LogP contribution in [0.4, 0.5) is 0 Å². The van der Waals surface area contributed by atoms with Gasteiger partial charge in [0.05, 0.1) is 0 Å². The Balaban J connectivity index is 1.73. The van der Waals surface area contributed by atoms with Crippen LogP contribution in [0.15, 0.2) is 72.3 Å². The molecule has 134 valence electrons. The SMILES string of the molecule is CN(C)C(=O)/C(C#N)=C\c1ccc(OCc2cccc3ccccc23)cc1. The number of likely N-dealkylation sites (N-methyl/N-ethyl adjacent to an activating group) is 1. The standard InChI is InChI=1S/C23H20N2O2/c1-25(2)23(26)20(15-24)14-17-10-12-21(13-11-17)27-16-19-8-5-7-18-6-3-4-9-22(18)19/h3-14H,16H2,1-2H3/b20-14-. The quantitative estimate of drug-likeness (QED) is 0.502. The normalized spacial score (nSPS) is 11.1. The van der Waals surface area contributed by atoms with Gasteiger partial charge in [0.25, 0.3) is 5.91 Å². The number of hydrogen-bond acceptors (Lipinski definition) is 3. The molecule has 0 fully saturated rings. The van der Waals surface area contributed by atoms with Crippen LogP contribution >= 0.6 is 0 Å². The van der Waals surface area contributed by atoms with E-state index in [9.17, 15) is 4.79 Å². The van der Waals surface area contributed by atoms with Gasteiger partial charge in [-0.2, -0.15) is 5.26 Å². The molecule has 0 aromatic heterocycles. The van der Waals surface area contributed by atoms with Gasteiger partial charge in [0.1, 0.15) is 24.0 Å². The zero-order valence-corrected chi connectivity index (χ0v) is 15.3. The number of carbonyl (C=O) groups is 1. The summed E-state index contributed by atoms with van der Waals surface area (Å²) in [7, 11) is 3.25. The van der Waals surface area contributed by atoms with Gasteiger partial charge in [0.2, 0.25) is 0 Å². The van der Waals surface area contributed by atoms with E-state index in [-0.39, 0.29) is 11.5 Å². The third-order valence-corrected chi connectivity index (χ3v) is 4.22. The Hall–Kier alpha value is -3.58. The first-order valence-corrected chi connectivity index (χ1v) is 8.61. The molecule has 0 aliphatic carbocycles. The third kappa shape index (κ3) is 4.34. The maximum atomic E-state index is 11.9. The number of nitrogens with zero attached hydrogens (tertiary/aromatic N) is 2. The van der Waals surface area contributed by atoms with E-state index in [1.165, 1.54) is 15.7 Å². The molecule has 0 unspecified atom stereocenters. The number of hydrogen-bond donors (Lipinski definition) is 0. The van der Waals surface area contributed by atoms with Gasteiger partial charge in [0.15, 0.2) is 0 Å². The van der Waals surface area contributed by atoms with Crippen molar-refractivity contribution in [2.75, 3.05) is 14.1 Å². The van der Waals surface area contributed by atoms with E-state index < -0.39 is 0 Å². The molecule has 0 bridgehead atoms. The van der Waals surface area contributed by atoms with Crippen LogP contribution in [0.5, 0.6) is 5.75 Å². The van der Waals surface area contributed by atoms with Crippen LogP contribution in [0.1, 0.15) is 11.1 Å². The Morgan fingerprint density at radius 2 is 1.74 bits per heavy atom. The van der Waals surface area contributed by atoms with Crippen molar-refractivity contribution in [3.8, 4) is 11.8 Å². The van der Waals surface area contributed by atoms with E-state index in [0.29, 0.717) is 6.61 Å². The fraction of sp³-hybridized carbons (Fsp3) is 0.130. The molecule has 3 aromatic rings. The molecule has 1 amide bonds. The second kappa shape index (κ2) is 8.20. The van der Waals surface area contributed by atoms with Gasteiger partial charge in [-0.1, -0.05) is 54.6 Å². The number of carbonyl (C=O) groups excluding carboxylic acids is 1. The summed E-state index contributed by atoms with van der Waals surface area (Å²) in [6.45, 7) is 0.471. The molecule has 3 rings (SSSR count). The number of amides is 1. The lowest BCUT2D eigenvalue weighted by Crippen LogP contribution is -2.22. The van der Waals surface area contributed by atoms with Crippen LogP contribution in [-0.2, 0) is 11.4 Å². The monoisotopic (exact) mass is 356 g/mol. The summed E-state index contributed by atoms with van der Waals surface area (Å²) in [4.78, 5) is 13.3. The van der Waals surface area contributed by atoms with E-state index in [1.54, 1.807) is 20.2 Å². The molecule has 0 radical (unpaired) electrons. The number of fused-ring (bicyclic) bond motifs is 1. The van der Waals surface area contributed by atoms with Gasteiger partial charge in [-0.3, -0.25) is 4.79 Å². The number of rotatable bonds is 5. The molecule has 4 heteroatoms. The van der Waals surface area contributed by atoms with Crippen molar-refractivity contribution in [3.05, 3.63) is 83.4 Å². The molecular weight excluding hydrogens is 336 g/mol. The fourth-order valence-corrected chi connectivity index (χ4v) is 2.79. The average molecular weight is 356 g/mol. The first kappa shape index (κ1) is 18.2. The van der Waals surface area contributed by atoms with Crippen LogP contribution in [0.3, 0.4) is 0 Å². The molecule has 0 saturated carbocycles. The van der Waals surface area contributed by atoms with Gasteiger partial charge < -0.3 is 9.64 Å². The molecule has 0 heterocycles. The zero-order chi connectivity index (χ0) is 19.2. The smallest absolute Gasteiger partial charge is 0.264 e. The molecule has 0 aliphatic rings. The average Bonchev–Trinajstić information content (AvgIpc) is 2.70. The predicted molar refractivity (Wildman–Crippen MR) is 107 cm³/mol. The molecule has 0 aliphatic heterocycles. The number of nitriles is 1. The summed E-state index contributed by atoms with van der Waals surface area (Å²) in [6, 6.07) is 23.7. The lowest BCUT2D eigenvalue weighted by molar-refractivity contribution is -0.124. The molecule has 0 spiro atoms. The highest BCUT2D eigenvalue weighted by molar-refractivity contribution is 6.01. The largest absolute Gasteiger partial charge is 0.489 e. The predicted octanol–water partition coefficient (Wildman–Crippen LogP) is 4.41. The summed E-state index contributed by atoms with van der Waals surface area (Å²) < 4.78 is 5.91. The van der Waals surface area contributed by atoms with Crippen molar-refractivity contribution in [2.45, 2.75) is 6.61 Å². The second-order valence-electron chi connectivity index (χ2n) is 6.37. The molecule has 27 heavy (non-hydrogen) atoms. The van der Waals surface area contributed by atoms with Crippen molar-refractivity contribution in [1.29, 1.82) is 5.26 Å². The molecule has 0 N–H and O–H groups in total. The Morgan fingerprint density at radius 3 is 2.44 bits per heavy atom. The van der Waals surface area contributed by atoms with Gasteiger partial charge in [-0.25, -0.2) is 0 Å². The minimum Gasteiger partial charge on any atom is -0.489 e. The Labute approximate surface area is 158 Å². The molecule has 4 nitrogen and oxygen atoms in total. The van der Waals surface area contributed by atoms with E-state index >= 15 is 0 Å². The highest BCUT2D eigenvalue weighted by Crippen LogP contribution is 2.21. The van der Waals surface area contributed by atoms with Crippen molar-refractivity contribution in [1.82, 2.24) is 4.90 Å². The summed E-state index contributed by atoms with van der Waals surface area (Å²) >= 11 is 0. The highest BCUT2D eigenvalue weighted by Gasteiger charge is 2.10. The maximum absolute atomic E-state index is 11.9. The van der Waals surface area contributed by atoms with Crippen LogP contribution in [0.25, 0.3) is 16.8 Å². The first-order valence-electron chi connectivity index (χ1n) is 8.61. The summed E-state index contributed by atoms with van der Waals surface area (Å²) in [6.07, 6.45) is 1.58. The fourth-order valence-electron chi connectivity index (χ4n) is 2.79. The lowest BCUT2D eigenvalue weighted by atomic mass is 10.1. The first-order chi connectivity index (χ1) is 13.1. The van der Waals surface area contributed by atoms with Crippen LogP contribution in [0.2, 0.25) is 0 Å². The van der Waals surface area contributed by atoms with E-state index in [0.717, 1.165) is 16.9 Å². The van der Waals surface area contributed by atoms with Crippen molar-refractivity contribution in [2.24, 2.45) is 0 Å². The molecule has 0 saturated heterocycles. The Bertz CT molecular complexity index is 1020. The second-order valence-corrected chi connectivity index (χ2v) is 6.37. The minimum absolute atomic E-state index is 0.101. The van der Waals surface area contributed by atoms with Gasteiger partial charge >= 0.3 is 0 Å². The Morgan fingerprint density at radius 1 is 1.04 bits per heavy atom. The highest BCUT2D eigenvalue weighted by atomic mass is 16.5. The van der Waals surface area contributed by atoms with Crippen molar-refractivity contribution in [3.63, 3.8) is 0 Å². The molecular formula is C23H20N2O2. The zero-order valence-electron chi connectivity index (χ0n) is 15.3. The van der Waals surface area contributed by atoms with Crippen LogP contribution < -0.4 is 4.74 Å². The van der Waals surface area contributed by atoms with Gasteiger partial charge in [-0.05, 0) is 40.1 Å². The lowest BCUT2D eigenvalue weighted by Gasteiger charge is -2.10. The number of benzene rings is 3. The van der Waals surface area contributed by atoms with E-state index in [2.05, 4.69) is 24.3 Å².